The van der Waals surface area contributed by atoms with E-state index in [-0.39, 0.29) is 0 Å². The van der Waals surface area contributed by atoms with E-state index in [9.17, 15) is 0 Å². The van der Waals surface area contributed by atoms with Gasteiger partial charge in [-0.05, 0) is 36.8 Å². The molecule has 0 radical (unpaired) electrons. The van der Waals surface area contributed by atoms with Gasteiger partial charge in [-0.2, -0.15) is 5.26 Å². The van der Waals surface area contributed by atoms with E-state index >= 15 is 0 Å². The van der Waals surface area contributed by atoms with Crippen molar-refractivity contribution in [2.24, 2.45) is 0 Å². The van der Waals surface area contributed by atoms with Crippen LogP contribution in [0.25, 0.3) is 33.5 Å². The van der Waals surface area contributed by atoms with Gasteiger partial charge in [-0.1, -0.05) is 30.3 Å². The number of nitrogen functional groups attached to an aromatic ring is 1. The molecule has 0 saturated carbocycles. The lowest BCUT2D eigenvalue weighted by Crippen LogP contribution is -1.98. The Labute approximate surface area is 150 Å². The molecule has 124 valence electrons. The quantitative estimate of drug-likeness (QED) is 0.594. The predicted octanol–water partition coefficient (Wildman–Crippen LogP) is 4.12. The maximum Gasteiger partial charge on any atom is 0.141 e. The average molecular weight is 337 g/mol. The lowest BCUT2D eigenvalue weighted by atomic mass is 10.0. The van der Waals surface area contributed by atoms with Crippen molar-refractivity contribution in [3.05, 3.63) is 72.1 Å². The van der Waals surface area contributed by atoms with E-state index < -0.39 is 0 Å². The monoisotopic (exact) mass is 337 g/mol. The van der Waals surface area contributed by atoms with Crippen molar-refractivity contribution in [2.75, 3.05) is 5.73 Å². The van der Waals surface area contributed by atoms with Gasteiger partial charge in [0.05, 0.1) is 22.6 Å². The van der Waals surface area contributed by atoms with Crippen LogP contribution in [0.1, 0.15) is 11.3 Å². The number of nitrogens with zero attached hydrogens (tertiary/aromatic N) is 4. The fraction of sp³-hybridized carbons (Fsp3) is 0.0476. The summed E-state index contributed by atoms with van der Waals surface area (Å²) in [5.41, 5.74) is 12.9. The third-order valence-electron chi connectivity index (χ3n) is 4.25. The third-order valence-corrected chi connectivity index (χ3v) is 4.25. The molecule has 4 rings (SSSR count). The Bertz CT molecular complexity index is 1160. The maximum atomic E-state index is 8.99. The molecule has 0 atom stereocenters. The van der Waals surface area contributed by atoms with Gasteiger partial charge in [-0.25, -0.2) is 9.97 Å². The summed E-state index contributed by atoms with van der Waals surface area (Å²) in [6, 6.07) is 19.3. The molecule has 5 heteroatoms. The zero-order chi connectivity index (χ0) is 18.1. The lowest BCUT2D eigenvalue weighted by molar-refractivity contribution is 1.25. The van der Waals surface area contributed by atoms with Crippen LogP contribution in [0, 0.1) is 18.3 Å². The summed E-state index contributed by atoms with van der Waals surface area (Å²) in [5.74, 6) is 0. The fourth-order valence-electron chi connectivity index (χ4n) is 2.92. The minimum absolute atomic E-state index is 0.323. The fourth-order valence-corrected chi connectivity index (χ4v) is 2.92. The summed E-state index contributed by atoms with van der Waals surface area (Å²) in [4.78, 5) is 13.5. The van der Waals surface area contributed by atoms with Gasteiger partial charge in [0.25, 0.3) is 0 Å². The van der Waals surface area contributed by atoms with E-state index in [0.717, 1.165) is 28.1 Å². The largest absolute Gasteiger partial charge is 0.397 e. The molecule has 0 aliphatic heterocycles. The molecule has 0 bridgehead atoms. The molecule has 3 heterocycles. The number of benzene rings is 1. The van der Waals surface area contributed by atoms with Crippen LogP contribution in [0.2, 0.25) is 0 Å². The van der Waals surface area contributed by atoms with Crippen molar-refractivity contribution in [3.8, 4) is 28.6 Å². The number of rotatable bonds is 2. The second-order valence-electron chi connectivity index (χ2n) is 6.02. The normalized spacial score (nSPS) is 10.6. The Balaban J connectivity index is 1.82. The third kappa shape index (κ3) is 2.74. The van der Waals surface area contributed by atoms with Crippen molar-refractivity contribution < 1.29 is 0 Å². The van der Waals surface area contributed by atoms with E-state index in [2.05, 4.69) is 15.0 Å². The van der Waals surface area contributed by atoms with Crippen LogP contribution in [0.3, 0.4) is 0 Å². The molecule has 3 aromatic heterocycles. The first-order valence-electron chi connectivity index (χ1n) is 8.15. The Morgan fingerprint density at radius 2 is 1.77 bits per heavy atom. The molecule has 0 aliphatic carbocycles. The Morgan fingerprint density at radius 1 is 0.962 bits per heavy atom. The molecular weight excluding hydrogens is 322 g/mol. The molecule has 26 heavy (non-hydrogen) atoms. The molecule has 5 nitrogen and oxygen atoms in total. The number of aryl methyl sites for hydroxylation is 1. The smallest absolute Gasteiger partial charge is 0.141 e. The summed E-state index contributed by atoms with van der Waals surface area (Å²) in [6.07, 6.45) is 1.82. The standard InChI is InChI=1S/C21H15N5/c1-13-9-19(14-5-3-2-4-6-14)24-12-16(13)20-10-17(23)21-18(26-20)8-7-15(11-22)25-21/h2-10,12H,1H3,(H2,23,26). The number of hydrogen-bond acceptors (Lipinski definition) is 5. The molecule has 0 spiro atoms. The highest BCUT2D eigenvalue weighted by Gasteiger charge is 2.11. The van der Waals surface area contributed by atoms with Crippen LogP contribution in [-0.2, 0) is 0 Å². The number of aromatic nitrogens is 3. The summed E-state index contributed by atoms with van der Waals surface area (Å²) in [5, 5.41) is 8.99. The SMILES string of the molecule is Cc1cc(-c2ccccc2)ncc1-c1cc(N)c2nc(C#N)ccc2n1. The number of pyridine rings is 3. The van der Waals surface area contributed by atoms with E-state index in [1.165, 1.54) is 0 Å². The van der Waals surface area contributed by atoms with E-state index in [0.29, 0.717) is 22.4 Å². The van der Waals surface area contributed by atoms with Crippen LogP contribution < -0.4 is 5.73 Å². The summed E-state index contributed by atoms with van der Waals surface area (Å²) >= 11 is 0. The Morgan fingerprint density at radius 3 is 2.50 bits per heavy atom. The van der Waals surface area contributed by atoms with Gasteiger partial charge in [0, 0.05) is 17.3 Å². The molecule has 0 saturated heterocycles. The molecule has 0 amide bonds. The van der Waals surface area contributed by atoms with Gasteiger partial charge < -0.3 is 5.73 Å². The first-order valence-corrected chi connectivity index (χ1v) is 8.15. The van der Waals surface area contributed by atoms with Crippen molar-refractivity contribution in [2.45, 2.75) is 6.92 Å². The van der Waals surface area contributed by atoms with Gasteiger partial charge >= 0.3 is 0 Å². The molecule has 2 N–H and O–H groups in total. The van der Waals surface area contributed by atoms with Crippen molar-refractivity contribution >= 4 is 16.7 Å². The van der Waals surface area contributed by atoms with Crippen LogP contribution in [0.15, 0.2) is 60.8 Å². The zero-order valence-corrected chi connectivity index (χ0v) is 14.1. The first-order chi connectivity index (χ1) is 12.7. The number of nitrogens with two attached hydrogens (primary N) is 1. The molecular formula is C21H15N5. The van der Waals surface area contributed by atoms with Gasteiger partial charge in [0.2, 0.25) is 0 Å². The van der Waals surface area contributed by atoms with E-state index in [1.807, 2.05) is 55.6 Å². The summed E-state index contributed by atoms with van der Waals surface area (Å²) in [7, 11) is 0. The van der Waals surface area contributed by atoms with Crippen molar-refractivity contribution in [3.63, 3.8) is 0 Å². The highest BCUT2D eigenvalue weighted by Crippen LogP contribution is 2.29. The van der Waals surface area contributed by atoms with Crippen LogP contribution in [-0.4, -0.2) is 15.0 Å². The molecule has 0 fully saturated rings. The number of hydrogen-bond donors (Lipinski definition) is 1. The summed E-state index contributed by atoms with van der Waals surface area (Å²) in [6.45, 7) is 2.03. The number of anilines is 1. The van der Waals surface area contributed by atoms with E-state index in [4.69, 9.17) is 11.0 Å². The van der Waals surface area contributed by atoms with Gasteiger partial charge in [0.15, 0.2) is 0 Å². The zero-order valence-electron chi connectivity index (χ0n) is 14.1. The molecule has 4 aromatic rings. The van der Waals surface area contributed by atoms with Crippen molar-refractivity contribution in [1.82, 2.24) is 15.0 Å². The second kappa shape index (κ2) is 6.26. The second-order valence-corrected chi connectivity index (χ2v) is 6.02. The van der Waals surface area contributed by atoms with Gasteiger partial charge in [-0.3, -0.25) is 4.98 Å². The topological polar surface area (TPSA) is 88.5 Å². The highest BCUT2D eigenvalue weighted by molar-refractivity contribution is 5.90. The van der Waals surface area contributed by atoms with Gasteiger partial charge in [0.1, 0.15) is 17.3 Å². The molecule has 0 unspecified atom stereocenters. The highest BCUT2D eigenvalue weighted by atomic mass is 14.8. The maximum absolute atomic E-state index is 8.99. The van der Waals surface area contributed by atoms with Crippen LogP contribution in [0.4, 0.5) is 5.69 Å². The first kappa shape index (κ1) is 15.7. The summed E-state index contributed by atoms with van der Waals surface area (Å²) < 4.78 is 0. The molecule has 1 aromatic carbocycles. The Hall–Kier alpha value is -3.78. The number of nitriles is 1. The Kier molecular flexibility index (Phi) is 3.79. The van der Waals surface area contributed by atoms with Crippen LogP contribution >= 0.6 is 0 Å². The minimum Gasteiger partial charge on any atom is -0.397 e. The van der Waals surface area contributed by atoms with Crippen molar-refractivity contribution in [1.29, 1.82) is 5.26 Å². The van der Waals surface area contributed by atoms with Gasteiger partial charge in [-0.15, -0.1) is 0 Å². The average Bonchev–Trinajstić information content (AvgIpc) is 2.68. The molecule has 0 aliphatic rings. The minimum atomic E-state index is 0.323. The van der Waals surface area contributed by atoms with E-state index in [1.54, 1.807) is 18.2 Å². The van der Waals surface area contributed by atoms with Crippen LogP contribution in [0.5, 0.6) is 0 Å². The number of fused-ring (bicyclic) bond motifs is 1. The lowest BCUT2D eigenvalue weighted by Gasteiger charge is -2.10. The predicted molar refractivity (Wildman–Crippen MR) is 102 cm³/mol.